The minimum atomic E-state index is 0.323. The minimum Gasteiger partial charge on any atom is -0.395 e. The third-order valence-electron chi connectivity index (χ3n) is 3.24. The van der Waals surface area contributed by atoms with Gasteiger partial charge in [0, 0.05) is 6.04 Å². The van der Waals surface area contributed by atoms with Crippen molar-refractivity contribution in [2.24, 2.45) is 5.92 Å². The molecule has 0 saturated carbocycles. The van der Waals surface area contributed by atoms with Gasteiger partial charge in [0.2, 0.25) is 0 Å². The Bertz CT molecular complexity index is 161. The number of aliphatic hydroxyl groups is 1. The second kappa shape index (κ2) is 5.69. The Hall–Kier alpha value is -0.120. The lowest BCUT2D eigenvalue weighted by molar-refractivity contribution is 0.136. The van der Waals surface area contributed by atoms with Crippen LogP contribution in [0.4, 0.5) is 0 Å². The first kappa shape index (κ1) is 12.0. The molecule has 0 spiro atoms. The fourth-order valence-electron chi connectivity index (χ4n) is 2.25. The molecule has 1 saturated heterocycles. The van der Waals surface area contributed by atoms with Crippen LogP contribution in [0.3, 0.4) is 0 Å². The third kappa shape index (κ3) is 3.23. The number of nitrogens with zero attached hydrogens (tertiary/aromatic N) is 2. The predicted molar refractivity (Wildman–Crippen MR) is 59.4 cm³/mol. The number of hydrogen-bond donors (Lipinski definition) is 1. The van der Waals surface area contributed by atoms with Crippen molar-refractivity contribution in [3.05, 3.63) is 0 Å². The van der Waals surface area contributed by atoms with Crippen LogP contribution in [0.1, 0.15) is 19.8 Å². The number of likely N-dealkylation sites (tertiary alicyclic amines) is 1. The largest absolute Gasteiger partial charge is 0.395 e. The van der Waals surface area contributed by atoms with E-state index >= 15 is 0 Å². The van der Waals surface area contributed by atoms with Gasteiger partial charge in [0.15, 0.2) is 0 Å². The van der Waals surface area contributed by atoms with Crippen LogP contribution in [-0.4, -0.2) is 61.3 Å². The lowest BCUT2D eigenvalue weighted by Crippen LogP contribution is -2.36. The zero-order chi connectivity index (χ0) is 10.6. The fraction of sp³-hybridized carbons (Fsp3) is 1.00. The smallest absolute Gasteiger partial charge is 0.0589 e. The van der Waals surface area contributed by atoms with E-state index in [1.165, 1.54) is 19.4 Å². The van der Waals surface area contributed by atoms with Crippen molar-refractivity contribution in [2.45, 2.75) is 25.8 Å². The molecule has 1 aliphatic heterocycles. The van der Waals surface area contributed by atoms with E-state index in [4.69, 9.17) is 0 Å². The summed E-state index contributed by atoms with van der Waals surface area (Å²) in [5.74, 6) is 0.666. The van der Waals surface area contributed by atoms with E-state index in [2.05, 4.69) is 30.8 Å². The van der Waals surface area contributed by atoms with E-state index in [9.17, 15) is 5.11 Å². The molecule has 0 aromatic carbocycles. The summed E-state index contributed by atoms with van der Waals surface area (Å²) in [5, 5.41) is 9.26. The highest BCUT2D eigenvalue weighted by Gasteiger charge is 2.29. The van der Waals surface area contributed by atoms with Crippen molar-refractivity contribution in [2.75, 3.05) is 40.3 Å². The van der Waals surface area contributed by atoms with Crippen LogP contribution in [0.5, 0.6) is 0 Å². The van der Waals surface area contributed by atoms with Crippen molar-refractivity contribution < 1.29 is 5.11 Å². The Kier molecular flexibility index (Phi) is 4.85. The maximum atomic E-state index is 9.26. The van der Waals surface area contributed by atoms with Crippen molar-refractivity contribution in [1.29, 1.82) is 0 Å². The molecule has 0 aliphatic carbocycles. The van der Waals surface area contributed by atoms with Crippen molar-refractivity contribution in [3.8, 4) is 0 Å². The summed E-state index contributed by atoms with van der Waals surface area (Å²) in [7, 11) is 4.21. The van der Waals surface area contributed by atoms with E-state index in [1.807, 2.05) is 0 Å². The Morgan fingerprint density at radius 2 is 2.14 bits per heavy atom. The van der Waals surface area contributed by atoms with Crippen LogP contribution in [0.15, 0.2) is 0 Å². The van der Waals surface area contributed by atoms with Crippen LogP contribution in [0, 0.1) is 5.92 Å². The summed E-state index contributed by atoms with van der Waals surface area (Å²) in [6.45, 7) is 6.01. The summed E-state index contributed by atoms with van der Waals surface area (Å²) in [6.07, 6.45) is 2.45. The van der Waals surface area contributed by atoms with Gasteiger partial charge in [0.05, 0.1) is 6.61 Å². The van der Waals surface area contributed by atoms with E-state index in [1.54, 1.807) is 0 Å². The van der Waals surface area contributed by atoms with E-state index < -0.39 is 0 Å². The van der Waals surface area contributed by atoms with Gasteiger partial charge in [-0.2, -0.15) is 0 Å². The molecule has 1 fully saturated rings. The van der Waals surface area contributed by atoms with Gasteiger partial charge in [-0.1, -0.05) is 6.92 Å². The highest BCUT2D eigenvalue weighted by Crippen LogP contribution is 2.23. The Morgan fingerprint density at radius 1 is 1.43 bits per heavy atom. The van der Waals surface area contributed by atoms with Gasteiger partial charge >= 0.3 is 0 Å². The first-order valence-electron chi connectivity index (χ1n) is 5.64. The molecule has 0 bridgehead atoms. The second-order valence-electron chi connectivity index (χ2n) is 4.71. The zero-order valence-electron chi connectivity index (χ0n) is 9.74. The van der Waals surface area contributed by atoms with Gasteiger partial charge in [0.1, 0.15) is 0 Å². The van der Waals surface area contributed by atoms with Gasteiger partial charge in [-0.05, 0) is 52.5 Å². The monoisotopic (exact) mass is 200 g/mol. The SMILES string of the molecule is CC1CCN(CCCN(C)C)C1CO. The summed E-state index contributed by atoms with van der Waals surface area (Å²) in [5.41, 5.74) is 0. The Morgan fingerprint density at radius 3 is 2.71 bits per heavy atom. The summed E-state index contributed by atoms with van der Waals surface area (Å²) in [4.78, 5) is 4.65. The molecule has 1 rings (SSSR count). The third-order valence-corrected chi connectivity index (χ3v) is 3.24. The highest BCUT2D eigenvalue weighted by atomic mass is 16.3. The number of rotatable bonds is 5. The first-order valence-corrected chi connectivity index (χ1v) is 5.64. The molecule has 0 aromatic rings. The average Bonchev–Trinajstić information content (AvgIpc) is 2.46. The first-order chi connectivity index (χ1) is 6.65. The molecule has 2 unspecified atom stereocenters. The summed E-state index contributed by atoms with van der Waals surface area (Å²) in [6, 6.07) is 0.414. The summed E-state index contributed by atoms with van der Waals surface area (Å²) >= 11 is 0. The fourth-order valence-corrected chi connectivity index (χ4v) is 2.25. The van der Waals surface area contributed by atoms with Gasteiger partial charge in [-0.25, -0.2) is 0 Å². The number of aliphatic hydroxyl groups excluding tert-OH is 1. The van der Waals surface area contributed by atoms with Gasteiger partial charge in [-0.3, -0.25) is 4.90 Å². The molecular formula is C11H24N2O. The predicted octanol–water partition coefficient (Wildman–Crippen LogP) is 0.641. The van der Waals surface area contributed by atoms with Crippen molar-refractivity contribution in [1.82, 2.24) is 9.80 Å². The highest BCUT2D eigenvalue weighted by molar-refractivity contribution is 4.83. The van der Waals surface area contributed by atoms with Gasteiger partial charge in [0.25, 0.3) is 0 Å². The van der Waals surface area contributed by atoms with Crippen LogP contribution in [0.25, 0.3) is 0 Å². The lowest BCUT2D eigenvalue weighted by Gasteiger charge is -2.25. The minimum absolute atomic E-state index is 0.323. The van der Waals surface area contributed by atoms with Crippen LogP contribution < -0.4 is 0 Å². The standard InChI is InChI=1S/C11H24N2O/c1-10-5-8-13(11(10)9-14)7-4-6-12(2)3/h10-11,14H,4-9H2,1-3H3. The maximum absolute atomic E-state index is 9.26. The van der Waals surface area contributed by atoms with E-state index in [0.717, 1.165) is 13.1 Å². The average molecular weight is 200 g/mol. The van der Waals surface area contributed by atoms with E-state index in [-0.39, 0.29) is 0 Å². The Balaban J connectivity index is 2.23. The summed E-state index contributed by atoms with van der Waals surface area (Å²) < 4.78 is 0. The molecule has 0 aromatic heterocycles. The van der Waals surface area contributed by atoms with Crippen LogP contribution >= 0.6 is 0 Å². The second-order valence-corrected chi connectivity index (χ2v) is 4.71. The lowest BCUT2D eigenvalue weighted by atomic mass is 10.0. The molecule has 14 heavy (non-hydrogen) atoms. The van der Waals surface area contributed by atoms with Gasteiger partial charge in [-0.15, -0.1) is 0 Å². The molecule has 1 aliphatic rings. The van der Waals surface area contributed by atoms with Crippen molar-refractivity contribution >= 4 is 0 Å². The topological polar surface area (TPSA) is 26.7 Å². The van der Waals surface area contributed by atoms with Crippen LogP contribution in [0.2, 0.25) is 0 Å². The Labute approximate surface area is 87.7 Å². The van der Waals surface area contributed by atoms with Crippen molar-refractivity contribution in [3.63, 3.8) is 0 Å². The molecule has 0 radical (unpaired) electrons. The van der Waals surface area contributed by atoms with Crippen LogP contribution in [-0.2, 0) is 0 Å². The molecule has 0 amide bonds. The zero-order valence-corrected chi connectivity index (χ0v) is 9.74. The van der Waals surface area contributed by atoms with Gasteiger partial charge < -0.3 is 10.0 Å². The molecule has 2 atom stereocenters. The molecule has 1 N–H and O–H groups in total. The normalized spacial score (nSPS) is 28.9. The number of hydrogen-bond acceptors (Lipinski definition) is 3. The molecule has 3 heteroatoms. The molecule has 84 valence electrons. The maximum Gasteiger partial charge on any atom is 0.0589 e. The molecule has 1 heterocycles. The quantitative estimate of drug-likeness (QED) is 0.705. The molecule has 3 nitrogen and oxygen atoms in total. The molecular weight excluding hydrogens is 176 g/mol. The van der Waals surface area contributed by atoms with E-state index in [0.29, 0.717) is 18.6 Å².